The van der Waals surface area contributed by atoms with Crippen LogP contribution < -0.4 is 4.74 Å². The van der Waals surface area contributed by atoms with Gasteiger partial charge < -0.3 is 14.6 Å². The zero-order valence-corrected chi connectivity index (χ0v) is 13.6. The first-order chi connectivity index (χ1) is 11.6. The third-order valence-electron chi connectivity index (χ3n) is 5.10. The van der Waals surface area contributed by atoms with Crippen molar-refractivity contribution in [3.05, 3.63) is 65.2 Å². The summed E-state index contributed by atoms with van der Waals surface area (Å²) in [6.45, 7) is 1.99. The van der Waals surface area contributed by atoms with Crippen molar-refractivity contribution in [3.63, 3.8) is 0 Å². The first-order valence-electron chi connectivity index (χ1n) is 8.40. The molecule has 124 valence electrons. The monoisotopic (exact) mass is 324 g/mol. The Morgan fingerprint density at radius 3 is 2.75 bits per heavy atom. The topological polar surface area (TPSA) is 55.8 Å². The third kappa shape index (κ3) is 1.80. The number of hydrogen-bond acceptors (Lipinski definition) is 4. The normalized spacial score (nSPS) is 27.2. The molecule has 1 aliphatic carbocycles. The number of carbonyl (C=O) groups is 1. The van der Waals surface area contributed by atoms with E-state index >= 15 is 0 Å². The maximum absolute atomic E-state index is 13.0. The van der Waals surface area contributed by atoms with Crippen molar-refractivity contribution in [3.8, 4) is 5.75 Å². The zero-order valence-electron chi connectivity index (χ0n) is 13.6. The molecule has 2 aromatic carbocycles. The van der Waals surface area contributed by atoms with Crippen LogP contribution in [0, 0.1) is 0 Å². The molecule has 1 N–H and O–H groups in total. The van der Waals surface area contributed by atoms with Crippen LogP contribution in [0.5, 0.6) is 5.75 Å². The van der Waals surface area contributed by atoms with Gasteiger partial charge in [-0.05, 0) is 37.8 Å². The number of aryl methyl sites for hydroxylation is 1. The van der Waals surface area contributed by atoms with Crippen LogP contribution in [0.1, 0.15) is 36.5 Å². The van der Waals surface area contributed by atoms with Gasteiger partial charge in [-0.15, -0.1) is 0 Å². The van der Waals surface area contributed by atoms with E-state index in [0.717, 1.165) is 24.0 Å². The Bertz CT molecular complexity index is 785. The molecule has 2 atom stereocenters. The molecular weight excluding hydrogens is 304 g/mol. The van der Waals surface area contributed by atoms with Crippen LogP contribution in [0.15, 0.2) is 48.5 Å². The summed E-state index contributed by atoms with van der Waals surface area (Å²) in [6, 6.07) is 14.9. The van der Waals surface area contributed by atoms with E-state index in [-0.39, 0.29) is 6.61 Å². The summed E-state index contributed by atoms with van der Waals surface area (Å²) in [6.07, 6.45) is 2.14. The summed E-state index contributed by atoms with van der Waals surface area (Å²) in [5, 5.41) is 11.7. The second-order valence-electron chi connectivity index (χ2n) is 6.37. The fourth-order valence-corrected chi connectivity index (χ4v) is 4.13. The highest BCUT2D eigenvalue weighted by Crippen LogP contribution is 2.58. The van der Waals surface area contributed by atoms with Gasteiger partial charge in [-0.2, -0.15) is 0 Å². The number of esters is 1. The van der Waals surface area contributed by atoms with Crippen molar-refractivity contribution in [2.24, 2.45) is 0 Å². The fraction of sp³-hybridized carbons (Fsp3) is 0.350. The molecule has 0 saturated heterocycles. The molecule has 0 bridgehead atoms. The molecule has 0 spiro atoms. The maximum atomic E-state index is 13.0. The van der Waals surface area contributed by atoms with Gasteiger partial charge in [0.1, 0.15) is 11.4 Å². The van der Waals surface area contributed by atoms with Crippen molar-refractivity contribution in [1.29, 1.82) is 0 Å². The second kappa shape index (κ2) is 5.35. The molecular formula is C20H20O4. The summed E-state index contributed by atoms with van der Waals surface area (Å²) < 4.78 is 11.5. The Hall–Kier alpha value is -2.33. The van der Waals surface area contributed by atoms with E-state index in [0.29, 0.717) is 17.7 Å². The average Bonchev–Trinajstić information content (AvgIpc) is 2.88. The van der Waals surface area contributed by atoms with Crippen LogP contribution >= 0.6 is 0 Å². The average molecular weight is 324 g/mol. The van der Waals surface area contributed by atoms with Gasteiger partial charge in [0.05, 0.1) is 6.61 Å². The van der Waals surface area contributed by atoms with Gasteiger partial charge in [0.25, 0.3) is 5.60 Å². The minimum atomic E-state index is -1.55. The Morgan fingerprint density at radius 1 is 1.21 bits per heavy atom. The van der Waals surface area contributed by atoms with Gasteiger partial charge in [0.15, 0.2) is 0 Å². The smallest absolute Gasteiger partial charge is 0.358 e. The lowest BCUT2D eigenvalue weighted by atomic mass is 9.68. The van der Waals surface area contributed by atoms with E-state index in [4.69, 9.17) is 9.47 Å². The third-order valence-corrected chi connectivity index (χ3v) is 5.10. The van der Waals surface area contributed by atoms with E-state index < -0.39 is 17.2 Å². The van der Waals surface area contributed by atoms with Gasteiger partial charge in [0, 0.05) is 11.1 Å². The molecule has 4 heteroatoms. The fourth-order valence-electron chi connectivity index (χ4n) is 4.13. The minimum absolute atomic E-state index is 0.232. The Kier molecular flexibility index (Phi) is 3.39. The molecule has 0 aromatic heterocycles. The molecule has 0 amide bonds. The summed E-state index contributed by atoms with van der Waals surface area (Å²) in [4.78, 5) is 13.0. The zero-order chi connectivity index (χ0) is 16.8. The second-order valence-corrected chi connectivity index (χ2v) is 6.37. The maximum Gasteiger partial charge on any atom is 0.358 e. The van der Waals surface area contributed by atoms with Crippen molar-refractivity contribution in [2.75, 3.05) is 6.61 Å². The molecule has 1 aliphatic heterocycles. The number of ether oxygens (including phenoxy) is 2. The van der Waals surface area contributed by atoms with Crippen molar-refractivity contribution < 1.29 is 19.4 Å². The highest BCUT2D eigenvalue weighted by atomic mass is 16.6. The summed E-state index contributed by atoms with van der Waals surface area (Å²) in [5.41, 5.74) is -0.556. The largest absolute Gasteiger partial charge is 0.467 e. The van der Waals surface area contributed by atoms with E-state index in [1.165, 1.54) is 0 Å². The first kappa shape index (κ1) is 15.2. The number of hydrogen-bond donors (Lipinski definition) is 1. The highest BCUT2D eigenvalue weighted by molar-refractivity contribution is 5.86. The van der Waals surface area contributed by atoms with Crippen LogP contribution in [-0.4, -0.2) is 17.7 Å². The highest BCUT2D eigenvalue weighted by Gasteiger charge is 2.67. The van der Waals surface area contributed by atoms with Crippen molar-refractivity contribution in [2.45, 2.75) is 37.4 Å². The lowest BCUT2D eigenvalue weighted by Crippen LogP contribution is -2.56. The number of rotatable bonds is 3. The van der Waals surface area contributed by atoms with Crippen LogP contribution in [-0.2, 0) is 27.2 Å². The molecule has 0 fully saturated rings. The molecule has 4 nitrogen and oxygen atoms in total. The molecule has 0 saturated carbocycles. The quantitative estimate of drug-likeness (QED) is 0.882. The van der Waals surface area contributed by atoms with Gasteiger partial charge in [0.2, 0.25) is 0 Å². The van der Waals surface area contributed by atoms with E-state index in [2.05, 4.69) is 0 Å². The van der Waals surface area contributed by atoms with Crippen molar-refractivity contribution >= 4 is 5.97 Å². The number of aliphatic hydroxyl groups is 1. The molecule has 2 aromatic rings. The molecule has 4 rings (SSSR count). The lowest BCUT2D eigenvalue weighted by Gasteiger charge is -2.41. The van der Waals surface area contributed by atoms with E-state index in [9.17, 15) is 9.90 Å². The van der Waals surface area contributed by atoms with Gasteiger partial charge in [-0.25, -0.2) is 4.79 Å². The van der Waals surface area contributed by atoms with Gasteiger partial charge in [-0.1, -0.05) is 42.5 Å². The standard InChI is InChI=1S/C20H20O4/c1-2-23-18(21)20(15-10-4-3-5-11-15)19(22)13-7-9-14-8-6-12-16(24-20)17(14)19/h3-6,8,10-12,22H,2,7,9,13H2,1H3. The number of benzene rings is 2. The Morgan fingerprint density at radius 2 is 2.00 bits per heavy atom. The van der Waals surface area contributed by atoms with Gasteiger partial charge in [-0.3, -0.25) is 0 Å². The van der Waals surface area contributed by atoms with Gasteiger partial charge >= 0.3 is 5.97 Å². The van der Waals surface area contributed by atoms with Crippen LogP contribution in [0.25, 0.3) is 0 Å². The summed E-state index contributed by atoms with van der Waals surface area (Å²) >= 11 is 0. The van der Waals surface area contributed by atoms with Crippen LogP contribution in [0.2, 0.25) is 0 Å². The molecule has 0 radical (unpaired) electrons. The summed E-state index contributed by atoms with van der Waals surface area (Å²) in [7, 11) is 0. The van der Waals surface area contributed by atoms with Crippen LogP contribution in [0.3, 0.4) is 0 Å². The SMILES string of the molecule is CCOC(=O)C1(c2ccccc2)Oc2cccc3c2C1(O)CCC3. The molecule has 1 heterocycles. The Labute approximate surface area is 141 Å². The Balaban J connectivity index is 1.99. The minimum Gasteiger partial charge on any atom is -0.467 e. The molecule has 2 aliphatic rings. The molecule has 24 heavy (non-hydrogen) atoms. The molecule has 2 unspecified atom stereocenters. The lowest BCUT2D eigenvalue weighted by molar-refractivity contribution is -0.190. The predicted octanol–water partition coefficient (Wildman–Crippen LogP) is 3.06. The van der Waals surface area contributed by atoms with Crippen LogP contribution in [0.4, 0.5) is 0 Å². The van der Waals surface area contributed by atoms with E-state index in [1.807, 2.05) is 48.5 Å². The number of carbonyl (C=O) groups excluding carboxylic acids is 1. The predicted molar refractivity (Wildman–Crippen MR) is 88.7 cm³/mol. The van der Waals surface area contributed by atoms with Crippen molar-refractivity contribution in [1.82, 2.24) is 0 Å². The van der Waals surface area contributed by atoms with E-state index in [1.54, 1.807) is 6.92 Å². The first-order valence-corrected chi connectivity index (χ1v) is 8.40. The summed E-state index contributed by atoms with van der Waals surface area (Å²) in [5.74, 6) is 0.0364.